The van der Waals surface area contributed by atoms with E-state index in [0.717, 1.165) is 37.4 Å². The summed E-state index contributed by atoms with van der Waals surface area (Å²) in [6, 6.07) is -13.8. The van der Waals surface area contributed by atoms with Crippen molar-refractivity contribution < 1.29 is 57.8 Å². The molecule has 5 N–H and O–H groups in total. The van der Waals surface area contributed by atoms with Crippen molar-refractivity contribution in [3.05, 3.63) is 18.2 Å². The second kappa shape index (κ2) is 37.1. The largest absolute Gasteiger partial charge is 0.390 e. The lowest BCUT2D eigenvalue weighted by atomic mass is 9.91. The molecule has 540 valence electrons. The molecular formula is C69H122N14O12. The molecule has 2 fully saturated rings. The molecular weight excluding hydrogens is 1220 g/mol. The molecule has 26 heteroatoms. The zero-order valence-corrected chi connectivity index (χ0v) is 62.0. The summed E-state index contributed by atoms with van der Waals surface area (Å²) in [6.45, 7) is 33.1. The van der Waals surface area contributed by atoms with Crippen LogP contribution in [0.2, 0.25) is 0 Å². The predicted octanol–water partition coefficient (Wildman–Crippen LogP) is 3.23. The van der Waals surface area contributed by atoms with Gasteiger partial charge in [0.05, 0.1) is 6.10 Å². The standard InChI is InChI=1S/C69H122N14O12/c1-25-49-65(91)75(18)48(17)64(90)76(19)51(35-40(4)5)61(87)74-55(43(10)11)68(94)77(20)50(34-39(2)3)60(86)71-46(15)59(85)72-47(16)63(89)78(21)52(36-41(6)7)66(92)79(22)53(37-42(8)9)67(93)80(23)56(44(12)13)69(95)81(24)57(62(88)73-49)58(84)45(14)38-54-70-28-31-83(54)33-32-82-29-26-27-30-82/h28,31,39-53,55-58,84H,25-27,29-30,32-38H2,1-24H3,(H,71,86)(H,72,85)(H,73,88)(H,74,87)/t45-,46+,47-,48-,49+,50+,51+,52+,53+,55+,56+,57-,58-/m1/s1. The van der Waals surface area contributed by atoms with E-state index >= 15 is 19.2 Å². The summed E-state index contributed by atoms with van der Waals surface area (Å²) < 4.78 is 2.01. The third kappa shape index (κ3) is 22.2. The van der Waals surface area contributed by atoms with Gasteiger partial charge in [0.2, 0.25) is 65.0 Å². The molecule has 0 bridgehead atoms. The summed E-state index contributed by atoms with van der Waals surface area (Å²) in [7, 11) is 10.0. The lowest BCUT2D eigenvalue weighted by Crippen LogP contribution is -2.64. The molecule has 0 aliphatic carbocycles. The van der Waals surface area contributed by atoms with Crippen LogP contribution in [0.1, 0.15) is 168 Å². The van der Waals surface area contributed by atoms with Crippen LogP contribution < -0.4 is 21.3 Å². The minimum Gasteiger partial charge on any atom is -0.390 e. The van der Waals surface area contributed by atoms with Crippen LogP contribution in [-0.2, 0) is 65.7 Å². The summed E-state index contributed by atoms with van der Waals surface area (Å²) in [6.07, 6.45) is 4.94. The average molecular weight is 1340 g/mol. The Morgan fingerprint density at radius 1 is 0.463 bits per heavy atom. The van der Waals surface area contributed by atoms with Gasteiger partial charge in [0.25, 0.3) is 0 Å². The number of hydrogen-bond acceptors (Lipinski definition) is 14. The lowest BCUT2D eigenvalue weighted by Gasteiger charge is -2.41. The molecule has 0 unspecified atom stereocenters. The molecule has 1 aromatic rings. The van der Waals surface area contributed by atoms with Crippen LogP contribution in [0, 0.1) is 41.4 Å². The number of carbonyl (C=O) groups excluding carboxylic acids is 11. The van der Waals surface area contributed by atoms with E-state index in [-0.39, 0.29) is 62.2 Å². The summed E-state index contributed by atoms with van der Waals surface area (Å²) in [5.74, 6) is -9.37. The van der Waals surface area contributed by atoms with Crippen molar-refractivity contribution in [2.75, 3.05) is 69.0 Å². The molecule has 0 aromatic carbocycles. The zero-order chi connectivity index (χ0) is 72.5. The molecule has 1 aromatic heterocycles. The van der Waals surface area contributed by atoms with Gasteiger partial charge < -0.3 is 70.1 Å². The van der Waals surface area contributed by atoms with Gasteiger partial charge in [0, 0.05) is 81.2 Å². The highest BCUT2D eigenvalue weighted by molar-refractivity contribution is 6.00. The smallest absolute Gasteiger partial charge is 0.246 e. The summed E-state index contributed by atoms with van der Waals surface area (Å²) in [5, 5.41) is 23.8. The first-order chi connectivity index (χ1) is 44.1. The van der Waals surface area contributed by atoms with Gasteiger partial charge in [-0.05, 0) is 120 Å². The summed E-state index contributed by atoms with van der Waals surface area (Å²) >= 11 is 0. The SMILES string of the molecule is CC[C@@H]1NC(=O)[C@@H]([C@H](O)[C@H](C)Cc2nccn2CCN2CCCC2)N(C)C(=O)[C@H](C(C)C)N(C)C(=O)[C@H](CC(C)C)N(C)C(=O)[C@H](CC(C)C)N(C)C(=O)[C@@H](C)NC(=O)[C@H](C)NC(=O)[C@H](CC(C)C)N(C)C(=O)[C@H](C(C)C)NC(=O)[C@H](CC(C)C)N(C)C(=O)[C@@H](C)N(C)C1=O. The molecule has 0 saturated carbocycles. The Bertz CT molecular complexity index is 2770. The van der Waals surface area contributed by atoms with Gasteiger partial charge in [0.15, 0.2) is 0 Å². The van der Waals surface area contributed by atoms with Crippen molar-refractivity contribution in [3.8, 4) is 0 Å². The Morgan fingerprint density at radius 2 is 0.905 bits per heavy atom. The second-order valence-corrected chi connectivity index (χ2v) is 29.5. The monoisotopic (exact) mass is 1340 g/mol. The van der Waals surface area contributed by atoms with E-state index in [4.69, 9.17) is 0 Å². The average Bonchev–Trinajstić information content (AvgIpc) is 1.15. The van der Waals surface area contributed by atoms with Crippen LogP contribution in [0.3, 0.4) is 0 Å². The van der Waals surface area contributed by atoms with E-state index in [2.05, 4.69) is 31.2 Å². The number of aliphatic hydroxyl groups is 1. The number of aromatic nitrogens is 2. The maximum absolute atomic E-state index is 15.5. The van der Waals surface area contributed by atoms with Crippen LogP contribution in [0.15, 0.2) is 12.4 Å². The second-order valence-electron chi connectivity index (χ2n) is 29.5. The molecule has 26 nitrogen and oxygen atoms in total. The van der Waals surface area contributed by atoms with Crippen LogP contribution in [0.4, 0.5) is 0 Å². The molecule has 11 amide bonds. The first kappa shape index (κ1) is 82.5. The van der Waals surface area contributed by atoms with Gasteiger partial charge in [-0.25, -0.2) is 4.98 Å². The third-order valence-electron chi connectivity index (χ3n) is 19.0. The topological polar surface area (TPSA) is 300 Å². The summed E-state index contributed by atoms with van der Waals surface area (Å²) in [4.78, 5) is 179. The van der Waals surface area contributed by atoms with Crippen molar-refractivity contribution in [1.82, 2.24) is 70.0 Å². The Kier molecular flexibility index (Phi) is 32.3. The molecule has 95 heavy (non-hydrogen) atoms. The normalized spacial score (nSPS) is 27.1. The van der Waals surface area contributed by atoms with E-state index in [9.17, 15) is 38.7 Å². The number of likely N-dealkylation sites (tertiary alicyclic amines) is 1. The van der Waals surface area contributed by atoms with E-state index in [1.165, 1.54) is 99.5 Å². The van der Waals surface area contributed by atoms with Gasteiger partial charge >= 0.3 is 0 Å². The molecule has 2 aliphatic rings. The Balaban J connectivity index is 2.33. The maximum atomic E-state index is 15.5. The van der Waals surface area contributed by atoms with Gasteiger partial charge in [-0.1, -0.05) is 96.9 Å². The Morgan fingerprint density at radius 3 is 1.39 bits per heavy atom. The highest BCUT2D eigenvalue weighted by Crippen LogP contribution is 2.26. The van der Waals surface area contributed by atoms with Gasteiger partial charge in [-0.15, -0.1) is 0 Å². The molecule has 0 spiro atoms. The van der Waals surface area contributed by atoms with E-state index in [0.29, 0.717) is 12.4 Å². The molecule has 2 aliphatic heterocycles. The van der Waals surface area contributed by atoms with Crippen molar-refractivity contribution in [1.29, 1.82) is 0 Å². The molecule has 0 radical (unpaired) electrons. The van der Waals surface area contributed by atoms with E-state index in [1.54, 1.807) is 47.7 Å². The van der Waals surface area contributed by atoms with Crippen molar-refractivity contribution in [3.63, 3.8) is 0 Å². The van der Waals surface area contributed by atoms with Crippen molar-refractivity contribution >= 4 is 65.0 Å². The quantitative estimate of drug-likeness (QED) is 0.141. The van der Waals surface area contributed by atoms with Gasteiger partial charge in [-0.2, -0.15) is 0 Å². The number of imidazole rings is 1. The minimum absolute atomic E-state index is 0.00233. The van der Waals surface area contributed by atoms with Gasteiger partial charge in [0.1, 0.15) is 72.3 Å². The highest BCUT2D eigenvalue weighted by Gasteiger charge is 2.46. The maximum Gasteiger partial charge on any atom is 0.246 e. The van der Waals surface area contributed by atoms with E-state index in [1.807, 2.05) is 66.2 Å². The number of aliphatic hydroxyl groups excluding tert-OH is 1. The van der Waals surface area contributed by atoms with Crippen LogP contribution in [0.25, 0.3) is 0 Å². The number of nitrogens with one attached hydrogen (secondary N) is 4. The van der Waals surface area contributed by atoms with E-state index < -0.39 is 155 Å². The molecule has 3 heterocycles. The number of amides is 11. The number of likely N-dealkylation sites (N-methyl/N-ethyl adjacent to an activating group) is 7. The molecule has 3 rings (SSSR count). The minimum atomic E-state index is -1.68. The fourth-order valence-corrected chi connectivity index (χ4v) is 12.8. The number of carbonyl (C=O) groups is 11. The molecule has 2 saturated heterocycles. The predicted molar refractivity (Wildman–Crippen MR) is 365 cm³/mol. The zero-order valence-electron chi connectivity index (χ0n) is 62.0. The first-order valence-electron chi connectivity index (χ1n) is 34.6. The first-order valence-corrected chi connectivity index (χ1v) is 34.6. The Hall–Kier alpha value is -6.70. The summed E-state index contributed by atoms with van der Waals surface area (Å²) in [5.41, 5.74) is 0. The van der Waals surface area contributed by atoms with Crippen molar-refractivity contribution in [2.24, 2.45) is 41.4 Å². The number of nitrogens with zero attached hydrogens (tertiary/aromatic N) is 10. The third-order valence-corrected chi connectivity index (χ3v) is 19.0. The fourth-order valence-electron chi connectivity index (χ4n) is 12.8. The Labute approximate surface area is 567 Å². The number of hydrogen-bond donors (Lipinski definition) is 5. The number of rotatable bonds is 18. The van der Waals surface area contributed by atoms with Crippen LogP contribution in [-0.4, -0.2) is 260 Å². The van der Waals surface area contributed by atoms with Crippen LogP contribution in [0.5, 0.6) is 0 Å². The van der Waals surface area contributed by atoms with Crippen LogP contribution >= 0.6 is 0 Å². The van der Waals surface area contributed by atoms with Crippen molar-refractivity contribution in [2.45, 2.75) is 248 Å². The molecule has 13 atom stereocenters. The van der Waals surface area contributed by atoms with Gasteiger partial charge in [-0.3, -0.25) is 52.7 Å². The highest BCUT2D eigenvalue weighted by atomic mass is 16.3. The fraction of sp³-hybridized carbons (Fsp3) is 0.797. The lowest BCUT2D eigenvalue weighted by molar-refractivity contribution is -0.157.